The van der Waals surface area contributed by atoms with E-state index < -0.39 is 11.7 Å². The summed E-state index contributed by atoms with van der Waals surface area (Å²) in [6.07, 6.45) is 8.43. The Morgan fingerprint density at radius 1 is 1.23 bits per heavy atom. The lowest BCUT2D eigenvalue weighted by atomic mass is 9.90. The van der Waals surface area contributed by atoms with Crippen LogP contribution in [0.15, 0.2) is 24.7 Å². The second kappa shape index (κ2) is 8.05. The number of aromatic nitrogens is 3. The molecule has 138 valence electrons. The van der Waals surface area contributed by atoms with Crippen molar-refractivity contribution >= 4 is 23.2 Å². The molecule has 5 N–H and O–H groups in total. The minimum atomic E-state index is -0.721. The van der Waals surface area contributed by atoms with Gasteiger partial charge < -0.3 is 21.7 Å². The number of carbonyl (C=O) groups is 1. The van der Waals surface area contributed by atoms with E-state index >= 15 is 0 Å². The fourth-order valence-corrected chi connectivity index (χ4v) is 3.18. The van der Waals surface area contributed by atoms with Gasteiger partial charge >= 0.3 is 0 Å². The highest BCUT2D eigenvalue weighted by atomic mass is 19.1. The molecule has 1 amide bonds. The molecule has 1 aliphatic rings. The van der Waals surface area contributed by atoms with Gasteiger partial charge in [-0.3, -0.25) is 9.78 Å². The first kappa shape index (κ1) is 18.0. The zero-order valence-electron chi connectivity index (χ0n) is 14.5. The van der Waals surface area contributed by atoms with Gasteiger partial charge in [-0.15, -0.1) is 0 Å². The fraction of sp³-hybridized carbons (Fsp3) is 0.412. The summed E-state index contributed by atoms with van der Waals surface area (Å²) in [4.78, 5) is 23.9. The van der Waals surface area contributed by atoms with Crippen LogP contribution in [0.25, 0.3) is 0 Å². The third-order valence-electron chi connectivity index (χ3n) is 4.44. The van der Waals surface area contributed by atoms with Crippen molar-refractivity contribution in [2.24, 2.45) is 5.73 Å². The molecule has 8 nitrogen and oxygen atoms in total. The van der Waals surface area contributed by atoms with E-state index in [4.69, 9.17) is 5.73 Å². The predicted molar refractivity (Wildman–Crippen MR) is 96.8 cm³/mol. The molecule has 1 saturated carbocycles. The lowest BCUT2D eigenvalue weighted by molar-refractivity contribution is 0.0996. The van der Waals surface area contributed by atoms with Crippen LogP contribution < -0.4 is 21.7 Å². The Balaban J connectivity index is 1.85. The van der Waals surface area contributed by atoms with E-state index in [0.717, 1.165) is 25.5 Å². The van der Waals surface area contributed by atoms with Crippen molar-refractivity contribution in [1.29, 1.82) is 0 Å². The maximum Gasteiger partial charge on any atom is 0.271 e. The number of nitrogens with two attached hydrogens (primary N) is 1. The molecule has 0 aliphatic heterocycles. The summed E-state index contributed by atoms with van der Waals surface area (Å²) in [6, 6.07) is 1.80. The summed E-state index contributed by atoms with van der Waals surface area (Å²) < 4.78 is 13.3. The average molecular weight is 359 g/mol. The lowest BCUT2D eigenvalue weighted by Crippen LogP contribution is -2.44. The quantitative estimate of drug-likeness (QED) is 0.621. The van der Waals surface area contributed by atoms with Gasteiger partial charge in [0.1, 0.15) is 11.6 Å². The van der Waals surface area contributed by atoms with Crippen LogP contribution in [0, 0.1) is 5.82 Å². The number of pyridine rings is 1. The number of rotatable bonds is 6. The normalized spacial score (nSPS) is 19.8. The third kappa shape index (κ3) is 4.23. The zero-order chi connectivity index (χ0) is 18.5. The van der Waals surface area contributed by atoms with Crippen LogP contribution in [-0.4, -0.2) is 40.0 Å². The Morgan fingerprint density at radius 2 is 2.00 bits per heavy atom. The molecular weight excluding hydrogens is 337 g/mol. The van der Waals surface area contributed by atoms with Gasteiger partial charge in [0, 0.05) is 18.2 Å². The summed E-state index contributed by atoms with van der Waals surface area (Å²) in [5.74, 6) is -0.542. The SMILES string of the molecule is CNC1CCCCC1Nc1cnc(C(N)=O)c(Nc2cncc(F)c2)n1. The van der Waals surface area contributed by atoms with Crippen molar-refractivity contribution in [3.05, 3.63) is 36.2 Å². The van der Waals surface area contributed by atoms with Crippen LogP contribution in [0.5, 0.6) is 0 Å². The van der Waals surface area contributed by atoms with Gasteiger partial charge in [0.15, 0.2) is 11.5 Å². The van der Waals surface area contributed by atoms with Crippen LogP contribution in [-0.2, 0) is 0 Å². The molecule has 0 bridgehead atoms. The minimum absolute atomic E-state index is 0.0198. The van der Waals surface area contributed by atoms with Gasteiger partial charge in [0.05, 0.1) is 24.3 Å². The predicted octanol–water partition coefficient (Wildman–Crippen LogP) is 1.80. The summed E-state index contributed by atoms with van der Waals surface area (Å²) in [5.41, 5.74) is 5.71. The highest BCUT2D eigenvalue weighted by molar-refractivity contribution is 5.96. The summed E-state index contributed by atoms with van der Waals surface area (Å²) in [5, 5.41) is 9.55. The topological polar surface area (TPSA) is 118 Å². The summed E-state index contributed by atoms with van der Waals surface area (Å²) in [7, 11) is 1.94. The van der Waals surface area contributed by atoms with Gasteiger partial charge in [-0.25, -0.2) is 14.4 Å². The molecule has 2 unspecified atom stereocenters. The number of nitrogens with zero attached hydrogens (tertiary/aromatic N) is 3. The molecule has 0 radical (unpaired) electrons. The number of hydrogen-bond donors (Lipinski definition) is 4. The van der Waals surface area contributed by atoms with E-state index in [1.165, 1.54) is 24.9 Å². The van der Waals surface area contributed by atoms with E-state index in [2.05, 4.69) is 30.9 Å². The molecule has 2 aromatic heterocycles. The second-order valence-electron chi connectivity index (χ2n) is 6.26. The molecule has 3 rings (SSSR count). The van der Waals surface area contributed by atoms with Crippen molar-refractivity contribution in [3.63, 3.8) is 0 Å². The van der Waals surface area contributed by atoms with E-state index in [1.54, 1.807) is 0 Å². The maximum atomic E-state index is 13.3. The molecule has 2 aromatic rings. The minimum Gasteiger partial charge on any atom is -0.364 e. The standard InChI is InChI=1S/C17H22FN7O/c1-20-12-4-2-3-5-13(12)24-14-9-22-15(16(19)26)17(25-14)23-11-6-10(18)7-21-8-11/h6-9,12-13,20H,2-5H2,1H3,(H2,19,26)(H2,23,24,25). The molecule has 0 aromatic carbocycles. The molecular formula is C17H22FN7O. The Kier molecular flexibility index (Phi) is 5.57. The molecule has 0 saturated heterocycles. The first-order valence-electron chi connectivity index (χ1n) is 8.55. The third-order valence-corrected chi connectivity index (χ3v) is 4.44. The molecule has 26 heavy (non-hydrogen) atoms. The number of primary amides is 1. The number of anilines is 3. The van der Waals surface area contributed by atoms with Crippen LogP contribution in [0.3, 0.4) is 0 Å². The van der Waals surface area contributed by atoms with Crippen molar-refractivity contribution in [2.45, 2.75) is 37.8 Å². The Bertz CT molecular complexity index is 785. The zero-order valence-corrected chi connectivity index (χ0v) is 14.5. The lowest BCUT2D eigenvalue weighted by Gasteiger charge is -2.32. The van der Waals surface area contributed by atoms with Crippen molar-refractivity contribution in [1.82, 2.24) is 20.3 Å². The van der Waals surface area contributed by atoms with E-state index in [-0.39, 0.29) is 17.6 Å². The van der Waals surface area contributed by atoms with E-state index in [1.807, 2.05) is 7.05 Å². The summed E-state index contributed by atoms with van der Waals surface area (Å²) >= 11 is 0. The Labute approximate surface area is 150 Å². The summed E-state index contributed by atoms with van der Waals surface area (Å²) in [6.45, 7) is 0. The smallest absolute Gasteiger partial charge is 0.271 e. The highest BCUT2D eigenvalue weighted by Gasteiger charge is 2.24. The number of hydrogen-bond acceptors (Lipinski definition) is 7. The molecule has 2 atom stereocenters. The Hall–Kier alpha value is -2.81. The van der Waals surface area contributed by atoms with Crippen molar-refractivity contribution in [2.75, 3.05) is 17.7 Å². The van der Waals surface area contributed by atoms with Crippen molar-refractivity contribution in [3.8, 4) is 0 Å². The first-order chi connectivity index (χ1) is 12.6. The van der Waals surface area contributed by atoms with Crippen LogP contribution in [0.4, 0.5) is 21.7 Å². The van der Waals surface area contributed by atoms with Gasteiger partial charge in [-0.1, -0.05) is 12.8 Å². The largest absolute Gasteiger partial charge is 0.364 e. The molecule has 0 spiro atoms. The molecule has 2 heterocycles. The number of halogens is 1. The van der Waals surface area contributed by atoms with Gasteiger partial charge in [0.25, 0.3) is 5.91 Å². The number of likely N-dealkylation sites (N-methyl/N-ethyl adjacent to an activating group) is 1. The van der Waals surface area contributed by atoms with Gasteiger partial charge in [-0.2, -0.15) is 0 Å². The van der Waals surface area contributed by atoms with Crippen LogP contribution in [0.2, 0.25) is 0 Å². The van der Waals surface area contributed by atoms with Crippen molar-refractivity contribution < 1.29 is 9.18 Å². The van der Waals surface area contributed by atoms with Crippen LogP contribution >= 0.6 is 0 Å². The molecule has 9 heteroatoms. The van der Waals surface area contributed by atoms with E-state index in [0.29, 0.717) is 17.5 Å². The molecule has 1 fully saturated rings. The number of carbonyl (C=O) groups excluding carboxylic acids is 1. The number of amides is 1. The highest BCUT2D eigenvalue weighted by Crippen LogP contribution is 2.23. The second-order valence-corrected chi connectivity index (χ2v) is 6.26. The number of nitrogens with one attached hydrogen (secondary N) is 3. The van der Waals surface area contributed by atoms with Crippen LogP contribution in [0.1, 0.15) is 36.2 Å². The Morgan fingerprint density at radius 3 is 2.69 bits per heavy atom. The molecule has 1 aliphatic carbocycles. The maximum absolute atomic E-state index is 13.3. The average Bonchev–Trinajstić information content (AvgIpc) is 2.62. The van der Waals surface area contributed by atoms with E-state index in [9.17, 15) is 9.18 Å². The van der Waals surface area contributed by atoms with Gasteiger partial charge in [-0.05, 0) is 19.9 Å². The monoisotopic (exact) mass is 359 g/mol. The fourth-order valence-electron chi connectivity index (χ4n) is 3.18. The first-order valence-corrected chi connectivity index (χ1v) is 8.55. The van der Waals surface area contributed by atoms with Gasteiger partial charge in [0.2, 0.25) is 0 Å².